The van der Waals surface area contributed by atoms with Crippen LogP contribution < -0.4 is 10.6 Å². The number of hydrogen-bond donors (Lipinski definition) is 2. The van der Waals surface area contributed by atoms with Crippen LogP contribution >= 0.6 is 0 Å². The van der Waals surface area contributed by atoms with Gasteiger partial charge in [0.15, 0.2) is 0 Å². The van der Waals surface area contributed by atoms with Crippen LogP contribution in [0.1, 0.15) is 49.7 Å². The Hall–Kier alpha value is -1.88. The number of amides is 2. The van der Waals surface area contributed by atoms with E-state index in [4.69, 9.17) is 0 Å². The number of likely N-dealkylation sites (tertiary alicyclic amines) is 1. The molecule has 26 heavy (non-hydrogen) atoms. The molecular weight excluding hydrogens is 326 g/mol. The van der Waals surface area contributed by atoms with Gasteiger partial charge in [-0.15, -0.1) is 0 Å². The smallest absolute Gasteiger partial charge is 0.228 e. The number of hydrogen-bond acceptors (Lipinski definition) is 3. The van der Waals surface area contributed by atoms with Crippen molar-refractivity contribution in [1.29, 1.82) is 0 Å². The van der Waals surface area contributed by atoms with E-state index in [1.165, 1.54) is 6.42 Å². The molecule has 0 radical (unpaired) electrons. The van der Waals surface area contributed by atoms with E-state index >= 15 is 0 Å². The van der Waals surface area contributed by atoms with Gasteiger partial charge in [-0.3, -0.25) is 9.59 Å². The summed E-state index contributed by atoms with van der Waals surface area (Å²) in [6.45, 7) is 3.83. The lowest BCUT2D eigenvalue weighted by Crippen LogP contribution is -2.47. The maximum absolute atomic E-state index is 13.1. The summed E-state index contributed by atoms with van der Waals surface area (Å²) in [5.74, 6) is 0.928. The summed E-state index contributed by atoms with van der Waals surface area (Å²) in [6.07, 6.45) is 6.17. The van der Waals surface area contributed by atoms with Crippen molar-refractivity contribution in [2.45, 2.75) is 51.6 Å². The van der Waals surface area contributed by atoms with E-state index in [0.29, 0.717) is 25.4 Å². The SMILES string of the molecule is O=C1CCCN1Cc1ccccc1CNC(=O)[C@@]12CCCC[C@H]1CNC2. The Morgan fingerprint density at radius 3 is 2.88 bits per heavy atom. The topological polar surface area (TPSA) is 61.4 Å². The predicted molar refractivity (Wildman–Crippen MR) is 100 cm³/mol. The van der Waals surface area contributed by atoms with Crippen LogP contribution in [0.4, 0.5) is 0 Å². The normalized spacial score (nSPS) is 28.2. The first kappa shape index (κ1) is 17.5. The molecule has 2 atom stereocenters. The monoisotopic (exact) mass is 355 g/mol. The Morgan fingerprint density at radius 2 is 2.08 bits per heavy atom. The van der Waals surface area contributed by atoms with E-state index < -0.39 is 0 Å². The molecule has 3 fully saturated rings. The molecule has 3 aliphatic rings. The molecule has 2 saturated heterocycles. The Morgan fingerprint density at radius 1 is 1.23 bits per heavy atom. The highest BCUT2D eigenvalue weighted by Gasteiger charge is 2.49. The van der Waals surface area contributed by atoms with Crippen molar-refractivity contribution >= 4 is 11.8 Å². The van der Waals surface area contributed by atoms with Crippen LogP contribution in [-0.2, 0) is 22.7 Å². The van der Waals surface area contributed by atoms with Gasteiger partial charge in [0.05, 0.1) is 5.41 Å². The van der Waals surface area contributed by atoms with Crippen LogP contribution in [0.3, 0.4) is 0 Å². The summed E-state index contributed by atoms with van der Waals surface area (Å²) in [6, 6.07) is 8.17. The minimum absolute atomic E-state index is 0.208. The van der Waals surface area contributed by atoms with Crippen LogP contribution in [0.2, 0.25) is 0 Å². The second-order valence-corrected chi connectivity index (χ2v) is 8.10. The summed E-state index contributed by atoms with van der Waals surface area (Å²) in [4.78, 5) is 26.9. The van der Waals surface area contributed by atoms with E-state index in [0.717, 1.165) is 56.4 Å². The lowest BCUT2D eigenvalue weighted by Gasteiger charge is -2.37. The fourth-order valence-electron chi connectivity index (χ4n) is 5.00. The van der Waals surface area contributed by atoms with Crippen LogP contribution in [0.15, 0.2) is 24.3 Å². The zero-order valence-electron chi connectivity index (χ0n) is 15.4. The molecule has 2 heterocycles. The average molecular weight is 355 g/mol. The van der Waals surface area contributed by atoms with Gasteiger partial charge in [-0.25, -0.2) is 0 Å². The number of carbonyl (C=O) groups excluding carboxylic acids is 2. The van der Waals surface area contributed by atoms with Crippen molar-refractivity contribution in [2.24, 2.45) is 11.3 Å². The fraction of sp³-hybridized carbons (Fsp3) is 0.619. The Kier molecular flexibility index (Phi) is 4.98. The summed E-state index contributed by atoms with van der Waals surface area (Å²) < 4.78 is 0. The molecular formula is C21H29N3O2. The number of benzene rings is 1. The van der Waals surface area contributed by atoms with Gasteiger partial charge in [0, 0.05) is 32.6 Å². The summed E-state index contributed by atoms with van der Waals surface area (Å²) in [7, 11) is 0. The summed E-state index contributed by atoms with van der Waals surface area (Å²) >= 11 is 0. The van der Waals surface area contributed by atoms with E-state index in [2.05, 4.69) is 22.8 Å². The lowest BCUT2D eigenvalue weighted by atomic mass is 9.67. The largest absolute Gasteiger partial charge is 0.351 e. The van der Waals surface area contributed by atoms with Gasteiger partial charge < -0.3 is 15.5 Å². The van der Waals surface area contributed by atoms with Crippen molar-refractivity contribution in [3.63, 3.8) is 0 Å². The highest BCUT2D eigenvalue weighted by molar-refractivity contribution is 5.84. The molecule has 4 rings (SSSR count). The van der Waals surface area contributed by atoms with Crippen LogP contribution in [0.5, 0.6) is 0 Å². The zero-order chi connectivity index (χ0) is 18.0. The molecule has 5 nitrogen and oxygen atoms in total. The summed E-state index contributed by atoms with van der Waals surface area (Å²) in [5, 5.41) is 6.67. The molecule has 0 unspecified atom stereocenters. The van der Waals surface area contributed by atoms with Gasteiger partial charge in [0.2, 0.25) is 11.8 Å². The fourth-order valence-corrected chi connectivity index (χ4v) is 5.00. The number of carbonyl (C=O) groups is 2. The third-order valence-corrected chi connectivity index (χ3v) is 6.58. The number of fused-ring (bicyclic) bond motifs is 1. The number of nitrogens with one attached hydrogen (secondary N) is 2. The van der Waals surface area contributed by atoms with Crippen LogP contribution in [0, 0.1) is 11.3 Å². The van der Waals surface area contributed by atoms with Gasteiger partial charge in [-0.05, 0) is 42.9 Å². The van der Waals surface area contributed by atoms with E-state index in [1.54, 1.807) is 0 Å². The van der Waals surface area contributed by atoms with E-state index in [9.17, 15) is 9.59 Å². The number of nitrogens with zero attached hydrogens (tertiary/aromatic N) is 1. The molecule has 0 bridgehead atoms. The first-order valence-corrected chi connectivity index (χ1v) is 10.0. The Balaban J connectivity index is 1.43. The van der Waals surface area contributed by atoms with Crippen molar-refractivity contribution in [1.82, 2.24) is 15.5 Å². The quantitative estimate of drug-likeness (QED) is 0.851. The first-order valence-electron chi connectivity index (χ1n) is 10.0. The lowest BCUT2D eigenvalue weighted by molar-refractivity contribution is -0.134. The third-order valence-electron chi connectivity index (χ3n) is 6.58. The van der Waals surface area contributed by atoms with Crippen LogP contribution in [0.25, 0.3) is 0 Å². The maximum atomic E-state index is 13.1. The molecule has 0 spiro atoms. The third kappa shape index (κ3) is 3.25. The molecule has 0 aromatic heterocycles. The summed E-state index contributed by atoms with van der Waals surface area (Å²) in [5.41, 5.74) is 2.05. The predicted octanol–water partition coefficient (Wildman–Crippen LogP) is 2.21. The average Bonchev–Trinajstić information content (AvgIpc) is 3.28. The van der Waals surface area contributed by atoms with Crippen molar-refractivity contribution in [3.05, 3.63) is 35.4 Å². The molecule has 140 valence electrons. The van der Waals surface area contributed by atoms with Gasteiger partial charge in [0.25, 0.3) is 0 Å². The standard InChI is InChI=1S/C21H29N3O2/c25-19-9-5-11-24(19)14-17-7-2-1-6-16(17)12-23-20(26)21-10-4-3-8-18(21)13-22-15-21/h1-2,6-7,18,22H,3-5,8-15H2,(H,23,26)/t18-,21+/m0/s1. The molecule has 2 N–H and O–H groups in total. The van der Waals surface area contributed by atoms with Crippen LogP contribution in [-0.4, -0.2) is 36.3 Å². The Labute approximate surface area is 155 Å². The maximum Gasteiger partial charge on any atom is 0.228 e. The van der Waals surface area contributed by atoms with Gasteiger partial charge in [0.1, 0.15) is 0 Å². The van der Waals surface area contributed by atoms with E-state index in [1.807, 2.05) is 17.0 Å². The van der Waals surface area contributed by atoms with Crippen molar-refractivity contribution < 1.29 is 9.59 Å². The Bertz CT molecular complexity index is 690. The van der Waals surface area contributed by atoms with Crippen molar-refractivity contribution in [2.75, 3.05) is 19.6 Å². The zero-order valence-corrected chi connectivity index (χ0v) is 15.4. The molecule has 1 saturated carbocycles. The van der Waals surface area contributed by atoms with Gasteiger partial charge in [-0.2, -0.15) is 0 Å². The van der Waals surface area contributed by atoms with Gasteiger partial charge in [-0.1, -0.05) is 37.1 Å². The molecule has 1 aromatic carbocycles. The minimum Gasteiger partial charge on any atom is -0.351 e. The molecule has 1 aliphatic carbocycles. The number of rotatable bonds is 5. The second kappa shape index (κ2) is 7.39. The van der Waals surface area contributed by atoms with Crippen molar-refractivity contribution in [3.8, 4) is 0 Å². The minimum atomic E-state index is -0.210. The molecule has 2 aliphatic heterocycles. The first-order chi connectivity index (χ1) is 12.7. The van der Waals surface area contributed by atoms with Gasteiger partial charge >= 0.3 is 0 Å². The molecule has 5 heteroatoms. The second-order valence-electron chi connectivity index (χ2n) is 8.10. The molecule has 2 amide bonds. The van der Waals surface area contributed by atoms with E-state index in [-0.39, 0.29) is 17.2 Å². The molecule has 1 aromatic rings. The highest BCUT2D eigenvalue weighted by Crippen LogP contribution is 2.43. The highest BCUT2D eigenvalue weighted by atomic mass is 16.2.